The largest absolute Gasteiger partial charge is 0.495 e. The first-order valence-corrected chi connectivity index (χ1v) is 8.48. The number of para-hydroxylation sites is 1. The van der Waals surface area contributed by atoms with E-state index in [0.29, 0.717) is 12.3 Å². The Morgan fingerprint density at radius 2 is 2.17 bits per heavy atom. The number of urea groups is 1. The van der Waals surface area contributed by atoms with Crippen LogP contribution in [-0.2, 0) is 4.74 Å². The van der Waals surface area contributed by atoms with Crippen molar-refractivity contribution in [2.45, 2.75) is 38.7 Å². The van der Waals surface area contributed by atoms with Gasteiger partial charge in [-0.2, -0.15) is 0 Å². The van der Waals surface area contributed by atoms with Gasteiger partial charge in [-0.05, 0) is 50.2 Å². The maximum absolute atomic E-state index is 12.6. The quantitative estimate of drug-likeness (QED) is 0.905. The van der Waals surface area contributed by atoms with Crippen LogP contribution in [0.25, 0.3) is 0 Å². The second-order valence-corrected chi connectivity index (χ2v) is 6.57. The minimum absolute atomic E-state index is 0.0719. The number of anilines is 1. The summed E-state index contributed by atoms with van der Waals surface area (Å²) < 4.78 is 11.3. The minimum Gasteiger partial charge on any atom is -0.495 e. The molecule has 2 fully saturated rings. The Labute approximate surface area is 137 Å². The summed E-state index contributed by atoms with van der Waals surface area (Å²) in [7, 11) is 1.62. The minimum atomic E-state index is -0.0719. The molecular formula is C18H26N2O3. The van der Waals surface area contributed by atoms with Crippen LogP contribution in [0.1, 0.15) is 31.2 Å². The highest BCUT2D eigenvalue weighted by Gasteiger charge is 2.28. The Morgan fingerprint density at radius 3 is 2.91 bits per heavy atom. The summed E-state index contributed by atoms with van der Waals surface area (Å²) in [4.78, 5) is 14.4. The Morgan fingerprint density at radius 1 is 1.35 bits per heavy atom. The van der Waals surface area contributed by atoms with Crippen LogP contribution in [-0.4, -0.2) is 43.8 Å². The molecule has 0 unspecified atom stereocenters. The third-order valence-corrected chi connectivity index (χ3v) is 4.62. The number of carbonyl (C=O) groups is 1. The molecule has 1 heterocycles. The van der Waals surface area contributed by atoms with Gasteiger partial charge in [0.25, 0.3) is 0 Å². The maximum atomic E-state index is 12.6. The highest BCUT2D eigenvalue weighted by atomic mass is 16.5. The molecule has 1 atom stereocenters. The number of hydrogen-bond donors (Lipinski definition) is 1. The van der Waals surface area contributed by atoms with Crippen molar-refractivity contribution in [2.24, 2.45) is 5.92 Å². The summed E-state index contributed by atoms with van der Waals surface area (Å²) in [6, 6.07) is 5.68. The van der Waals surface area contributed by atoms with Gasteiger partial charge in [-0.25, -0.2) is 4.79 Å². The van der Waals surface area contributed by atoms with Gasteiger partial charge in [-0.3, -0.25) is 0 Å². The number of ether oxygens (including phenoxy) is 2. The number of amides is 2. The summed E-state index contributed by atoms with van der Waals surface area (Å²) >= 11 is 0. The number of likely N-dealkylation sites (tertiary alicyclic amines) is 1. The Kier molecular flexibility index (Phi) is 5.06. The smallest absolute Gasteiger partial charge is 0.322 e. The van der Waals surface area contributed by atoms with Crippen LogP contribution < -0.4 is 10.1 Å². The van der Waals surface area contributed by atoms with Crippen LogP contribution in [0.3, 0.4) is 0 Å². The van der Waals surface area contributed by atoms with E-state index in [1.54, 1.807) is 7.11 Å². The van der Waals surface area contributed by atoms with Gasteiger partial charge in [0.2, 0.25) is 0 Å². The Hall–Kier alpha value is -1.75. The van der Waals surface area contributed by atoms with E-state index in [9.17, 15) is 4.79 Å². The van der Waals surface area contributed by atoms with Gasteiger partial charge < -0.3 is 19.7 Å². The number of rotatable bonds is 5. The van der Waals surface area contributed by atoms with Crippen LogP contribution in [0.2, 0.25) is 0 Å². The molecule has 0 spiro atoms. The molecule has 0 bridgehead atoms. The highest BCUT2D eigenvalue weighted by Crippen LogP contribution is 2.30. The van der Waals surface area contributed by atoms with Crippen LogP contribution in [0.15, 0.2) is 18.2 Å². The van der Waals surface area contributed by atoms with E-state index in [0.717, 1.165) is 43.2 Å². The zero-order chi connectivity index (χ0) is 16.2. The molecule has 5 nitrogen and oxygen atoms in total. The molecule has 1 aliphatic carbocycles. The molecule has 2 aliphatic rings. The van der Waals surface area contributed by atoms with Gasteiger partial charge in [0, 0.05) is 19.7 Å². The van der Waals surface area contributed by atoms with Crippen molar-refractivity contribution in [1.82, 2.24) is 4.90 Å². The van der Waals surface area contributed by atoms with E-state index < -0.39 is 0 Å². The molecule has 23 heavy (non-hydrogen) atoms. The average Bonchev–Trinajstić information content (AvgIpc) is 3.39. The summed E-state index contributed by atoms with van der Waals surface area (Å²) in [5.74, 6) is 1.45. The van der Waals surface area contributed by atoms with Gasteiger partial charge in [0.05, 0.1) is 18.9 Å². The summed E-state index contributed by atoms with van der Waals surface area (Å²) in [5, 5.41) is 3.00. The molecule has 1 N–H and O–H groups in total. The molecule has 1 saturated heterocycles. The fourth-order valence-electron chi connectivity index (χ4n) is 2.97. The lowest BCUT2D eigenvalue weighted by Gasteiger charge is -2.33. The number of methoxy groups -OCH3 is 1. The summed E-state index contributed by atoms with van der Waals surface area (Å²) in [6.45, 7) is 4.28. The van der Waals surface area contributed by atoms with Crippen molar-refractivity contribution in [3.05, 3.63) is 23.8 Å². The first-order valence-electron chi connectivity index (χ1n) is 8.48. The number of hydrogen-bond acceptors (Lipinski definition) is 3. The topological polar surface area (TPSA) is 50.8 Å². The first kappa shape index (κ1) is 16.1. The second kappa shape index (κ2) is 7.21. The van der Waals surface area contributed by atoms with Gasteiger partial charge in [-0.15, -0.1) is 0 Å². The Bertz CT molecular complexity index is 557. The van der Waals surface area contributed by atoms with Gasteiger partial charge >= 0.3 is 6.03 Å². The van der Waals surface area contributed by atoms with Crippen molar-refractivity contribution < 1.29 is 14.3 Å². The van der Waals surface area contributed by atoms with Crippen molar-refractivity contribution >= 4 is 11.7 Å². The number of benzene rings is 1. The normalized spacial score (nSPS) is 21.1. The predicted molar refractivity (Wildman–Crippen MR) is 90.0 cm³/mol. The van der Waals surface area contributed by atoms with Crippen molar-refractivity contribution in [2.75, 3.05) is 32.1 Å². The van der Waals surface area contributed by atoms with E-state index >= 15 is 0 Å². The van der Waals surface area contributed by atoms with E-state index in [1.807, 2.05) is 30.0 Å². The fourth-order valence-corrected chi connectivity index (χ4v) is 2.97. The summed E-state index contributed by atoms with van der Waals surface area (Å²) in [6.07, 6.45) is 4.81. The molecule has 2 amide bonds. The highest BCUT2D eigenvalue weighted by molar-refractivity contribution is 5.92. The molecule has 1 aliphatic heterocycles. The van der Waals surface area contributed by atoms with Crippen LogP contribution in [0, 0.1) is 12.8 Å². The lowest BCUT2D eigenvalue weighted by Crippen LogP contribution is -2.45. The lowest BCUT2D eigenvalue weighted by molar-refractivity contribution is 0.00597. The molecule has 3 rings (SSSR count). The van der Waals surface area contributed by atoms with E-state index in [-0.39, 0.29) is 12.1 Å². The number of piperidine rings is 1. The maximum Gasteiger partial charge on any atom is 0.322 e. The molecule has 0 radical (unpaired) electrons. The van der Waals surface area contributed by atoms with E-state index in [4.69, 9.17) is 9.47 Å². The molecule has 5 heteroatoms. The van der Waals surface area contributed by atoms with Gasteiger partial charge in [0.15, 0.2) is 0 Å². The van der Waals surface area contributed by atoms with Crippen molar-refractivity contribution in [3.8, 4) is 5.75 Å². The molecule has 1 saturated carbocycles. The predicted octanol–water partition coefficient (Wildman–Crippen LogP) is 3.43. The average molecular weight is 318 g/mol. The lowest BCUT2D eigenvalue weighted by atomic mass is 10.1. The summed E-state index contributed by atoms with van der Waals surface area (Å²) in [5.41, 5.74) is 1.75. The zero-order valence-electron chi connectivity index (χ0n) is 14.0. The second-order valence-electron chi connectivity index (χ2n) is 6.57. The first-order chi connectivity index (χ1) is 11.2. The SMILES string of the molecule is COc1cccc(C)c1NC(=O)N1CCC[C@@H](OCC2CC2)C1. The van der Waals surface area contributed by atoms with Gasteiger partial charge in [-0.1, -0.05) is 12.1 Å². The number of nitrogens with one attached hydrogen (secondary N) is 1. The number of aryl methyl sites for hydroxylation is 1. The standard InChI is InChI=1S/C18H26N2O3/c1-13-5-3-7-16(22-2)17(13)19-18(21)20-10-4-6-15(11-20)23-12-14-8-9-14/h3,5,7,14-15H,4,6,8-12H2,1-2H3,(H,19,21)/t15-/m1/s1. The molecule has 0 aromatic heterocycles. The third-order valence-electron chi connectivity index (χ3n) is 4.62. The van der Waals surface area contributed by atoms with Crippen LogP contribution in [0.4, 0.5) is 10.5 Å². The van der Waals surface area contributed by atoms with Crippen molar-refractivity contribution in [1.29, 1.82) is 0 Å². The van der Waals surface area contributed by atoms with E-state index in [2.05, 4.69) is 5.32 Å². The fraction of sp³-hybridized carbons (Fsp3) is 0.611. The van der Waals surface area contributed by atoms with Gasteiger partial charge in [0.1, 0.15) is 5.75 Å². The van der Waals surface area contributed by atoms with Crippen LogP contribution >= 0.6 is 0 Å². The third kappa shape index (κ3) is 4.16. The zero-order valence-corrected chi connectivity index (χ0v) is 14.0. The molecular weight excluding hydrogens is 292 g/mol. The monoisotopic (exact) mass is 318 g/mol. The van der Waals surface area contributed by atoms with Crippen molar-refractivity contribution in [3.63, 3.8) is 0 Å². The molecule has 126 valence electrons. The molecule has 1 aromatic rings. The number of nitrogens with zero attached hydrogens (tertiary/aromatic N) is 1. The molecule has 1 aromatic carbocycles. The van der Waals surface area contributed by atoms with Crippen LogP contribution in [0.5, 0.6) is 5.75 Å². The Balaban J connectivity index is 1.58. The van der Waals surface area contributed by atoms with E-state index in [1.165, 1.54) is 12.8 Å². The number of carbonyl (C=O) groups excluding carboxylic acids is 1.